The number of carbonyl (C=O) groups excluding carboxylic acids is 1. The van der Waals surface area contributed by atoms with Gasteiger partial charge in [-0.25, -0.2) is 0 Å². The molecule has 0 bridgehead atoms. The molecule has 0 saturated heterocycles. The molecule has 0 rings (SSSR count). The summed E-state index contributed by atoms with van der Waals surface area (Å²) in [5, 5.41) is 9.13. The summed E-state index contributed by atoms with van der Waals surface area (Å²) in [7, 11) is 0. The number of ether oxygens (including phenoxy) is 1. The maximum absolute atomic E-state index is 12.2. The third kappa shape index (κ3) is 26.6. The Labute approximate surface area is 216 Å². The number of aliphatic carboxylic acids is 1. The lowest BCUT2D eigenvalue weighted by Gasteiger charge is -2.16. The standard InChI is InChI=1S/C31H54O4/c1-3-5-7-9-11-13-14-15-16-17-18-19-21-23-25-27-31(34)35-29(28-30(32)33)26-24-22-20-12-10-8-6-4-2/h11,13,15-16,18-19,29H,3-10,12,14,17,20-28H2,1-2H3,(H,32,33)/b13-11-,16-15-,19-18-. The van der Waals surface area contributed by atoms with E-state index >= 15 is 0 Å². The predicted octanol–water partition coefficient (Wildman–Crippen LogP) is 9.49. The van der Waals surface area contributed by atoms with Crippen LogP contribution in [0.4, 0.5) is 0 Å². The number of esters is 1. The highest BCUT2D eigenvalue weighted by Gasteiger charge is 2.17. The van der Waals surface area contributed by atoms with Gasteiger partial charge in [0.25, 0.3) is 0 Å². The molecule has 0 aromatic rings. The fraction of sp³-hybridized carbons (Fsp3) is 0.742. The maximum Gasteiger partial charge on any atom is 0.307 e. The van der Waals surface area contributed by atoms with E-state index in [4.69, 9.17) is 9.84 Å². The molecular weight excluding hydrogens is 436 g/mol. The molecule has 4 nitrogen and oxygen atoms in total. The summed E-state index contributed by atoms with van der Waals surface area (Å²) in [6.45, 7) is 4.45. The van der Waals surface area contributed by atoms with E-state index < -0.39 is 12.1 Å². The zero-order valence-corrected chi connectivity index (χ0v) is 22.9. The van der Waals surface area contributed by atoms with Crippen LogP contribution in [0.25, 0.3) is 0 Å². The molecule has 0 heterocycles. The second-order valence-electron chi connectivity index (χ2n) is 9.60. The molecule has 202 valence electrons. The smallest absolute Gasteiger partial charge is 0.307 e. The molecule has 0 amide bonds. The van der Waals surface area contributed by atoms with E-state index in [9.17, 15) is 9.59 Å². The highest BCUT2D eigenvalue weighted by atomic mass is 16.5. The Bertz CT molecular complexity index is 577. The van der Waals surface area contributed by atoms with Gasteiger partial charge in [0.05, 0.1) is 6.42 Å². The zero-order chi connectivity index (χ0) is 25.8. The Morgan fingerprint density at radius 1 is 0.657 bits per heavy atom. The van der Waals surface area contributed by atoms with Crippen LogP contribution in [0, 0.1) is 0 Å². The van der Waals surface area contributed by atoms with E-state index in [0.29, 0.717) is 12.8 Å². The third-order valence-corrected chi connectivity index (χ3v) is 6.10. The van der Waals surface area contributed by atoms with Crippen LogP contribution >= 0.6 is 0 Å². The van der Waals surface area contributed by atoms with Crippen LogP contribution in [0.1, 0.15) is 142 Å². The van der Waals surface area contributed by atoms with Gasteiger partial charge in [-0.3, -0.25) is 9.59 Å². The summed E-state index contributed by atoms with van der Waals surface area (Å²) in [5.41, 5.74) is 0. The molecule has 0 aromatic carbocycles. The van der Waals surface area contributed by atoms with Gasteiger partial charge in [0.2, 0.25) is 0 Å². The van der Waals surface area contributed by atoms with Crippen LogP contribution in [-0.4, -0.2) is 23.1 Å². The van der Waals surface area contributed by atoms with Gasteiger partial charge in [0.15, 0.2) is 0 Å². The summed E-state index contributed by atoms with van der Waals surface area (Å²) in [5.74, 6) is -1.16. The van der Waals surface area contributed by atoms with Crippen molar-refractivity contribution in [2.45, 2.75) is 148 Å². The average molecular weight is 491 g/mol. The molecule has 1 unspecified atom stereocenters. The Kier molecular flexibility index (Phi) is 25.4. The molecule has 4 heteroatoms. The lowest BCUT2D eigenvalue weighted by atomic mass is 10.0. The molecule has 35 heavy (non-hydrogen) atoms. The van der Waals surface area contributed by atoms with Gasteiger partial charge in [-0.05, 0) is 57.8 Å². The Morgan fingerprint density at radius 3 is 1.71 bits per heavy atom. The lowest BCUT2D eigenvalue weighted by molar-refractivity contribution is -0.153. The fourth-order valence-electron chi connectivity index (χ4n) is 3.97. The molecule has 0 aromatic heterocycles. The van der Waals surface area contributed by atoms with Gasteiger partial charge < -0.3 is 9.84 Å². The van der Waals surface area contributed by atoms with Gasteiger partial charge in [-0.1, -0.05) is 108 Å². The van der Waals surface area contributed by atoms with Crippen molar-refractivity contribution in [2.75, 3.05) is 0 Å². The van der Waals surface area contributed by atoms with Crippen molar-refractivity contribution >= 4 is 11.9 Å². The molecule has 0 radical (unpaired) electrons. The number of hydrogen-bond acceptors (Lipinski definition) is 3. The minimum Gasteiger partial charge on any atom is -0.481 e. The fourth-order valence-corrected chi connectivity index (χ4v) is 3.97. The van der Waals surface area contributed by atoms with E-state index in [1.807, 2.05) is 0 Å². The van der Waals surface area contributed by atoms with Crippen LogP contribution in [0.15, 0.2) is 36.5 Å². The first-order chi connectivity index (χ1) is 17.1. The number of hydrogen-bond donors (Lipinski definition) is 1. The topological polar surface area (TPSA) is 63.6 Å². The molecule has 0 aliphatic carbocycles. The summed E-state index contributed by atoms with van der Waals surface area (Å²) >= 11 is 0. The largest absolute Gasteiger partial charge is 0.481 e. The van der Waals surface area contributed by atoms with E-state index in [1.54, 1.807) is 0 Å². The molecule has 0 aliphatic heterocycles. The third-order valence-electron chi connectivity index (χ3n) is 6.10. The van der Waals surface area contributed by atoms with E-state index in [1.165, 1.54) is 64.2 Å². The van der Waals surface area contributed by atoms with Crippen molar-refractivity contribution < 1.29 is 19.4 Å². The van der Waals surface area contributed by atoms with Gasteiger partial charge in [-0.15, -0.1) is 0 Å². The van der Waals surface area contributed by atoms with E-state index in [-0.39, 0.29) is 12.4 Å². The Hall–Kier alpha value is -1.84. The molecule has 0 spiro atoms. The second kappa shape index (κ2) is 26.8. The van der Waals surface area contributed by atoms with Gasteiger partial charge >= 0.3 is 11.9 Å². The van der Waals surface area contributed by atoms with Crippen LogP contribution in [0.3, 0.4) is 0 Å². The van der Waals surface area contributed by atoms with Crippen LogP contribution in [0.5, 0.6) is 0 Å². The van der Waals surface area contributed by atoms with Crippen molar-refractivity contribution in [1.29, 1.82) is 0 Å². The Morgan fingerprint density at radius 2 is 1.14 bits per heavy atom. The van der Waals surface area contributed by atoms with Crippen LogP contribution < -0.4 is 0 Å². The SMILES string of the molecule is CCCCC/C=C\C/C=C\C/C=C\CCCCC(=O)OC(CCCCCCCCCC)CC(=O)O. The minimum atomic E-state index is -0.899. The van der Waals surface area contributed by atoms with Crippen LogP contribution in [-0.2, 0) is 14.3 Å². The maximum atomic E-state index is 12.2. The molecule has 0 aliphatic rings. The quantitative estimate of drug-likeness (QED) is 0.0786. The van der Waals surface area contributed by atoms with Crippen molar-refractivity contribution in [3.63, 3.8) is 0 Å². The van der Waals surface area contributed by atoms with E-state index in [2.05, 4.69) is 50.3 Å². The van der Waals surface area contributed by atoms with Crippen molar-refractivity contribution in [3.05, 3.63) is 36.5 Å². The Balaban J connectivity index is 3.83. The molecular formula is C31H54O4. The van der Waals surface area contributed by atoms with Crippen molar-refractivity contribution in [2.24, 2.45) is 0 Å². The monoisotopic (exact) mass is 490 g/mol. The summed E-state index contributed by atoms with van der Waals surface area (Å²) in [6.07, 6.45) is 33.0. The number of carboxylic acid groups (broad SMARTS) is 1. The summed E-state index contributed by atoms with van der Waals surface area (Å²) in [4.78, 5) is 23.3. The minimum absolute atomic E-state index is 0.0901. The van der Waals surface area contributed by atoms with Gasteiger partial charge in [-0.2, -0.15) is 0 Å². The number of unbranched alkanes of at least 4 members (excludes halogenated alkanes) is 12. The second-order valence-corrected chi connectivity index (χ2v) is 9.60. The summed E-state index contributed by atoms with van der Waals surface area (Å²) in [6, 6.07) is 0. The van der Waals surface area contributed by atoms with Crippen molar-refractivity contribution in [3.8, 4) is 0 Å². The lowest BCUT2D eigenvalue weighted by Crippen LogP contribution is -2.21. The van der Waals surface area contributed by atoms with Crippen molar-refractivity contribution in [1.82, 2.24) is 0 Å². The van der Waals surface area contributed by atoms with E-state index in [0.717, 1.165) is 44.9 Å². The highest BCUT2D eigenvalue weighted by molar-refractivity contribution is 5.71. The highest BCUT2D eigenvalue weighted by Crippen LogP contribution is 2.15. The normalized spacial score (nSPS) is 12.7. The molecule has 0 fully saturated rings. The van der Waals surface area contributed by atoms with Crippen LogP contribution in [0.2, 0.25) is 0 Å². The number of rotatable bonds is 25. The molecule has 1 atom stereocenters. The predicted molar refractivity (Wildman–Crippen MR) is 149 cm³/mol. The average Bonchev–Trinajstić information content (AvgIpc) is 2.82. The first-order valence-electron chi connectivity index (χ1n) is 14.5. The summed E-state index contributed by atoms with van der Waals surface area (Å²) < 4.78 is 5.49. The first-order valence-corrected chi connectivity index (χ1v) is 14.5. The molecule has 1 N–H and O–H groups in total. The number of carboxylic acids is 1. The first kappa shape index (κ1) is 33.2. The van der Waals surface area contributed by atoms with Gasteiger partial charge in [0, 0.05) is 6.42 Å². The number of carbonyl (C=O) groups is 2. The van der Waals surface area contributed by atoms with Gasteiger partial charge in [0.1, 0.15) is 6.10 Å². The zero-order valence-electron chi connectivity index (χ0n) is 22.9. The molecule has 0 saturated carbocycles. The number of allylic oxidation sites excluding steroid dienone is 6.